The van der Waals surface area contributed by atoms with Crippen LogP contribution in [-0.2, 0) is 10.0 Å². The van der Waals surface area contributed by atoms with E-state index in [1.54, 1.807) is 30.3 Å². The van der Waals surface area contributed by atoms with Gasteiger partial charge in [0.2, 0.25) is 0 Å². The minimum absolute atomic E-state index is 0.0860. The summed E-state index contributed by atoms with van der Waals surface area (Å²) in [5, 5.41) is 0.458. The fourth-order valence-corrected chi connectivity index (χ4v) is 4.68. The third-order valence-electron chi connectivity index (χ3n) is 2.38. The zero-order valence-electron chi connectivity index (χ0n) is 9.70. The number of halogens is 4. The second-order valence-electron chi connectivity index (χ2n) is 3.78. The van der Waals surface area contributed by atoms with Crippen molar-refractivity contribution < 1.29 is 8.42 Å². The number of anilines is 1. The van der Waals surface area contributed by atoms with Crippen molar-refractivity contribution in [2.45, 2.75) is 4.90 Å². The molecule has 0 bridgehead atoms. The van der Waals surface area contributed by atoms with E-state index in [9.17, 15) is 8.42 Å². The Labute approximate surface area is 143 Å². The zero-order valence-corrected chi connectivity index (χ0v) is 15.2. The predicted octanol–water partition coefficient (Wildman–Crippen LogP) is 5.32. The van der Waals surface area contributed by atoms with Gasteiger partial charge in [-0.2, -0.15) is 0 Å². The van der Waals surface area contributed by atoms with Crippen molar-refractivity contribution in [1.29, 1.82) is 0 Å². The van der Waals surface area contributed by atoms with E-state index in [2.05, 4.69) is 36.6 Å². The van der Waals surface area contributed by atoms with Gasteiger partial charge in [-0.05, 0) is 46.3 Å². The molecule has 0 aliphatic rings. The monoisotopic (exact) mass is 457 g/mol. The average molecular weight is 460 g/mol. The number of benzene rings is 2. The normalized spacial score (nSPS) is 11.4. The number of sulfonamides is 1. The maximum Gasteiger partial charge on any atom is 0.263 e. The number of para-hydroxylation sites is 1. The molecule has 0 amide bonds. The van der Waals surface area contributed by atoms with Crippen LogP contribution in [0.3, 0.4) is 0 Å². The van der Waals surface area contributed by atoms with Crippen molar-refractivity contribution in [2.24, 2.45) is 0 Å². The Kier molecular flexibility index (Phi) is 5.02. The van der Waals surface area contributed by atoms with E-state index in [1.165, 1.54) is 6.07 Å². The van der Waals surface area contributed by atoms with Crippen LogP contribution in [0.25, 0.3) is 0 Å². The Balaban J connectivity index is 2.49. The van der Waals surface area contributed by atoms with E-state index in [4.69, 9.17) is 23.2 Å². The first-order valence-electron chi connectivity index (χ1n) is 5.23. The third-order valence-corrected chi connectivity index (χ3v) is 5.85. The molecular formula is C12H7Br2Cl2NO2S. The van der Waals surface area contributed by atoms with Gasteiger partial charge in [-0.15, -0.1) is 0 Å². The SMILES string of the molecule is O=S(=O)(Nc1c(Cl)cccc1Cl)c1cc(Br)ccc1Br. The van der Waals surface area contributed by atoms with Gasteiger partial charge < -0.3 is 0 Å². The molecule has 0 aromatic heterocycles. The summed E-state index contributed by atoms with van der Waals surface area (Å²) in [6.45, 7) is 0. The van der Waals surface area contributed by atoms with Crippen LogP contribution in [0, 0.1) is 0 Å². The van der Waals surface area contributed by atoms with Crippen LogP contribution in [0.15, 0.2) is 50.2 Å². The summed E-state index contributed by atoms with van der Waals surface area (Å²) in [4.78, 5) is 0.0860. The number of hydrogen-bond acceptors (Lipinski definition) is 2. The van der Waals surface area contributed by atoms with Gasteiger partial charge in [0.15, 0.2) is 0 Å². The highest BCUT2D eigenvalue weighted by Gasteiger charge is 2.20. The lowest BCUT2D eigenvalue weighted by Gasteiger charge is -2.12. The molecule has 2 aromatic carbocycles. The summed E-state index contributed by atoms with van der Waals surface area (Å²) in [6.07, 6.45) is 0. The van der Waals surface area contributed by atoms with Crippen LogP contribution in [0.1, 0.15) is 0 Å². The second kappa shape index (κ2) is 6.23. The van der Waals surface area contributed by atoms with Crippen molar-refractivity contribution in [3.63, 3.8) is 0 Å². The van der Waals surface area contributed by atoms with Crippen LogP contribution in [-0.4, -0.2) is 8.42 Å². The van der Waals surface area contributed by atoms with Gasteiger partial charge in [-0.1, -0.05) is 45.2 Å². The lowest BCUT2D eigenvalue weighted by atomic mass is 10.3. The molecule has 0 radical (unpaired) electrons. The molecule has 0 unspecified atom stereocenters. The van der Waals surface area contributed by atoms with Crippen molar-refractivity contribution in [3.8, 4) is 0 Å². The fourth-order valence-electron chi connectivity index (χ4n) is 1.47. The maximum absolute atomic E-state index is 12.4. The molecule has 1 N–H and O–H groups in total. The van der Waals surface area contributed by atoms with Gasteiger partial charge in [0.05, 0.1) is 15.7 Å². The first-order valence-corrected chi connectivity index (χ1v) is 9.05. The summed E-state index contributed by atoms with van der Waals surface area (Å²) < 4.78 is 28.3. The Hall–Kier alpha value is -0.270. The lowest BCUT2D eigenvalue weighted by Crippen LogP contribution is -2.14. The largest absolute Gasteiger partial charge is 0.277 e. The highest BCUT2D eigenvalue weighted by atomic mass is 79.9. The van der Waals surface area contributed by atoms with Crippen molar-refractivity contribution >= 4 is 70.8 Å². The van der Waals surface area contributed by atoms with E-state index in [1.807, 2.05) is 0 Å². The summed E-state index contributed by atoms with van der Waals surface area (Å²) >= 11 is 18.4. The van der Waals surface area contributed by atoms with Crippen LogP contribution >= 0.6 is 55.1 Å². The molecule has 2 rings (SSSR count). The van der Waals surface area contributed by atoms with Gasteiger partial charge >= 0.3 is 0 Å². The molecule has 0 atom stereocenters. The smallest absolute Gasteiger partial charge is 0.263 e. The number of rotatable bonds is 3. The lowest BCUT2D eigenvalue weighted by molar-refractivity contribution is 0.600. The van der Waals surface area contributed by atoms with E-state index in [0.717, 1.165) is 0 Å². The molecule has 0 saturated carbocycles. The van der Waals surface area contributed by atoms with Crippen molar-refractivity contribution in [1.82, 2.24) is 0 Å². The molecule has 0 heterocycles. The summed E-state index contributed by atoms with van der Waals surface area (Å²) in [7, 11) is -3.81. The quantitative estimate of drug-likeness (QED) is 0.675. The first-order chi connectivity index (χ1) is 9.31. The molecule has 8 heteroatoms. The van der Waals surface area contributed by atoms with E-state index >= 15 is 0 Å². The number of hydrogen-bond donors (Lipinski definition) is 1. The van der Waals surface area contributed by atoms with Crippen LogP contribution in [0.5, 0.6) is 0 Å². The van der Waals surface area contributed by atoms with Crippen molar-refractivity contribution in [3.05, 3.63) is 55.4 Å². The van der Waals surface area contributed by atoms with E-state index in [0.29, 0.717) is 8.95 Å². The number of nitrogens with one attached hydrogen (secondary N) is 1. The molecule has 0 fully saturated rings. The van der Waals surface area contributed by atoms with E-state index < -0.39 is 10.0 Å². The van der Waals surface area contributed by atoms with E-state index in [-0.39, 0.29) is 20.6 Å². The van der Waals surface area contributed by atoms with Gasteiger partial charge in [0, 0.05) is 8.95 Å². The topological polar surface area (TPSA) is 46.2 Å². The van der Waals surface area contributed by atoms with Gasteiger partial charge in [0.25, 0.3) is 10.0 Å². The average Bonchev–Trinajstić information content (AvgIpc) is 2.37. The Morgan fingerprint density at radius 1 is 1.00 bits per heavy atom. The van der Waals surface area contributed by atoms with Gasteiger partial charge in [-0.3, -0.25) is 4.72 Å². The first kappa shape index (κ1) is 16.1. The summed E-state index contributed by atoms with van der Waals surface area (Å²) in [5.41, 5.74) is 0.155. The van der Waals surface area contributed by atoms with Crippen molar-refractivity contribution in [2.75, 3.05) is 4.72 Å². The Morgan fingerprint density at radius 3 is 2.20 bits per heavy atom. The zero-order chi connectivity index (χ0) is 14.9. The minimum atomic E-state index is -3.81. The molecule has 0 aliphatic heterocycles. The minimum Gasteiger partial charge on any atom is -0.277 e. The standard InChI is InChI=1S/C12H7Br2Cl2NO2S/c13-7-4-5-8(14)11(6-7)20(18,19)17-12-9(15)2-1-3-10(12)16/h1-6,17H. The molecule has 0 saturated heterocycles. The highest BCUT2D eigenvalue weighted by molar-refractivity contribution is 9.11. The molecular weight excluding hydrogens is 453 g/mol. The summed E-state index contributed by atoms with van der Waals surface area (Å²) in [6, 6.07) is 9.59. The molecule has 20 heavy (non-hydrogen) atoms. The Morgan fingerprint density at radius 2 is 1.60 bits per heavy atom. The maximum atomic E-state index is 12.4. The Bertz CT molecular complexity index is 746. The van der Waals surface area contributed by atoms with Crippen LogP contribution in [0.2, 0.25) is 10.0 Å². The summed E-state index contributed by atoms with van der Waals surface area (Å²) in [5.74, 6) is 0. The second-order valence-corrected chi connectivity index (χ2v) is 8.01. The molecule has 106 valence electrons. The molecule has 2 aromatic rings. The molecule has 0 spiro atoms. The highest BCUT2D eigenvalue weighted by Crippen LogP contribution is 2.33. The van der Waals surface area contributed by atoms with Gasteiger partial charge in [0.1, 0.15) is 4.90 Å². The molecule has 0 aliphatic carbocycles. The third kappa shape index (κ3) is 3.49. The van der Waals surface area contributed by atoms with Crippen LogP contribution < -0.4 is 4.72 Å². The predicted molar refractivity (Wildman–Crippen MR) is 89.1 cm³/mol. The van der Waals surface area contributed by atoms with Crippen LogP contribution in [0.4, 0.5) is 5.69 Å². The van der Waals surface area contributed by atoms with Gasteiger partial charge in [-0.25, -0.2) is 8.42 Å². The fraction of sp³-hybridized carbons (Fsp3) is 0. The molecule has 3 nitrogen and oxygen atoms in total.